The highest BCUT2D eigenvalue weighted by Gasteiger charge is 2.19. The van der Waals surface area contributed by atoms with E-state index < -0.39 is 0 Å². The van der Waals surface area contributed by atoms with Crippen LogP contribution < -0.4 is 0 Å². The fourth-order valence-electron chi connectivity index (χ4n) is 2.42. The highest BCUT2D eigenvalue weighted by molar-refractivity contribution is 7.09. The molecular weight excluding hydrogens is 258 g/mol. The molecule has 0 fully saturated rings. The van der Waals surface area contributed by atoms with Gasteiger partial charge < -0.3 is 9.47 Å². The molecule has 3 rings (SSSR count). The van der Waals surface area contributed by atoms with Crippen LogP contribution in [0, 0.1) is 0 Å². The Hall–Kier alpha value is -1.24. The molecular formula is C13H19N5S. The quantitative estimate of drug-likeness (QED) is 0.847. The Morgan fingerprint density at radius 1 is 1.37 bits per heavy atom. The number of nitrogens with zero attached hydrogens (tertiary/aromatic N) is 5. The van der Waals surface area contributed by atoms with Crippen LogP contribution >= 0.6 is 11.3 Å². The lowest BCUT2D eigenvalue weighted by Gasteiger charge is -2.26. The minimum absolute atomic E-state index is 0.909. The van der Waals surface area contributed by atoms with Gasteiger partial charge in [-0.2, -0.15) is 0 Å². The van der Waals surface area contributed by atoms with Crippen molar-refractivity contribution in [1.29, 1.82) is 0 Å². The molecule has 0 N–H and O–H groups in total. The zero-order chi connectivity index (χ0) is 13.2. The zero-order valence-electron chi connectivity index (χ0n) is 11.4. The number of rotatable bonds is 4. The monoisotopic (exact) mass is 277 g/mol. The lowest BCUT2D eigenvalue weighted by molar-refractivity contribution is 0.208. The molecule has 0 atom stereocenters. The fraction of sp³-hybridized carbons (Fsp3) is 0.538. The van der Waals surface area contributed by atoms with Crippen LogP contribution in [0.15, 0.2) is 17.8 Å². The second-order valence-electron chi connectivity index (χ2n) is 5.22. The van der Waals surface area contributed by atoms with Crippen LogP contribution in [0.25, 0.3) is 0 Å². The van der Waals surface area contributed by atoms with Gasteiger partial charge in [0, 0.05) is 37.4 Å². The molecule has 0 radical (unpaired) electrons. The number of thiazole rings is 1. The van der Waals surface area contributed by atoms with Crippen LogP contribution in [0.2, 0.25) is 0 Å². The first kappa shape index (κ1) is 12.8. The van der Waals surface area contributed by atoms with Crippen molar-refractivity contribution in [2.45, 2.75) is 26.2 Å². The molecule has 102 valence electrons. The highest BCUT2D eigenvalue weighted by atomic mass is 32.1. The predicted molar refractivity (Wildman–Crippen MR) is 75.8 cm³/mol. The smallest absolute Gasteiger partial charge is 0.123 e. The van der Waals surface area contributed by atoms with Crippen molar-refractivity contribution in [1.82, 2.24) is 24.3 Å². The number of aromatic nitrogens is 3. The third-order valence-corrected chi connectivity index (χ3v) is 4.02. The Balaban J connectivity index is 1.67. The third-order valence-electron chi connectivity index (χ3n) is 3.25. The van der Waals surface area contributed by atoms with E-state index in [1.807, 2.05) is 11.6 Å². The molecule has 0 spiro atoms. The first-order chi connectivity index (χ1) is 9.20. The summed E-state index contributed by atoms with van der Waals surface area (Å²) in [6.07, 6.45) is 4.07. The van der Waals surface area contributed by atoms with Gasteiger partial charge in [0.1, 0.15) is 10.8 Å². The van der Waals surface area contributed by atoms with Gasteiger partial charge in [-0.3, -0.25) is 4.90 Å². The maximum absolute atomic E-state index is 4.73. The van der Waals surface area contributed by atoms with Crippen LogP contribution in [-0.2, 0) is 26.2 Å². The van der Waals surface area contributed by atoms with E-state index in [2.05, 4.69) is 39.6 Å². The van der Waals surface area contributed by atoms with Gasteiger partial charge in [0.2, 0.25) is 0 Å². The third kappa shape index (κ3) is 3.02. The summed E-state index contributed by atoms with van der Waals surface area (Å²) >= 11 is 1.72. The van der Waals surface area contributed by atoms with Crippen LogP contribution in [0.5, 0.6) is 0 Å². The van der Waals surface area contributed by atoms with Crippen molar-refractivity contribution in [2.75, 3.05) is 20.6 Å². The van der Waals surface area contributed by atoms with E-state index in [9.17, 15) is 0 Å². The van der Waals surface area contributed by atoms with Gasteiger partial charge >= 0.3 is 0 Å². The lowest BCUT2D eigenvalue weighted by Crippen LogP contribution is -2.33. The maximum atomic E-state index is 4.73. The average Bonchev–Trinajstić information content (AvgIpc) is 2.96. The van der Waals surface area contributed by atoms with Gasteiger partial charge in [-0.1, -0.05) is 0 Å². The van der Waals surface area contributed by atoms with E-state index in [1.54, 1.807) is 11.3 Å². The normalized spacial score (nSPS) is 15.9. The number of hydrogen-bond acceptors (Lipinski definition) is 5. The summed E-state index contributed by atoms with van der Waals surface area (Å²) < 4.78 is 2.29. The Morgan fingerprint density at radius 3 is 3.00 bits per heavy atom. The molecule has 6 heteroatoms. The van der Waals surface area contributed by atoms with Crippen molar-refractivity contribution in [2.24, 2.45) is 0 Å². The van der Waals surface area contributed by atoms with Crippen molar-refractivity contribution in [3.63, 3.8) is 0 Å². The molecule has 1 aliphatic rings. The van der Waals surface area contributed by atoms with E-state index >= 15 is 0 Å². The summed E-state index contributed by atoms with van der Waals surface area (Å²) in [5.41, 5.74) is 1.16. The largest absolute Gasteiger partial charge is 0.332 e. The maximum Gasteiger partial charge on any atom is 0.123 e. The van der Waals surface area contributed by atoms with Gasteiger partial charge in [0.15, 0.2) is 0 Å². The molecule has 0 unspecified atom stereocenters. The molecule has 3 heterocycles. The zero-order valence-corrected chi connectivity index (χ0v) is 12.2. The van der Waals surface area contributed by atoms with Crippen molar-refractivity contribution >= 4 is 11.3 Å². The molecule has 2 aromatic heterocycles. The molecule has 0 bridgehead atoms. The first-order valence-corrected chi connectivity index (χ1v) is 7.39. The van der Waals surface area contributed by atoms with E-state index in [0.29, 0.717) is 0 Å². The van der Waals surface area contributed by atoms with Gasteiger partial charge in [-0.15, -0.1) is 11.3 Å². The Kier molecular flexibility index (Phi) is 3.63. The van der Waals surface area contributed by atoms with Crippen molar-refractivity contribution < 1.29 is 0 Å². The second-order valence-corrected chi connectivity index (χ2v) is 6.20. The summed E-state index contributed by atoms with van der Waals surface area (Å²) in [6, 6.07) is 0. The van der Waals surface area contributed by atoms with E-state index in [0.717, 1.165) is 38.4 Å². The molecule has 2 aromatic rings. The second kappa shape index (κ2) is 5.40. The molecule has 0 aromatic carbocycles. The Morgan fingerprint density at radius 2 is 2.26 bits per heavy atom. The van der Waals surface area contributed by atoms with Crippen LogP contribution in [0.4, 0.5) is 0 Å². The topological polar surface area (TPSA) is 37.2 Å². The summed E-state index contributed by atoms with van der Waals surface area (Å²) in [4.78, 5) is 13.7. The van der Waals surface area contributed by atoms with E-state index in [4.69, 9.17) is 4.98 Å². The van der Waals surface area contributed by atoms with Crippen LogP contribution in [-0.4, -0.2) is 45.0 Å². The molecule has 1 aliphatic heterocycles. The summed E-state index contributed by atoms with van der Waals surface area (Å²) in [5.74, 6) is 1.18. The predicted octanol–water partition coefficient (Wildman–Crippen LogP) is 1.42. The standard InChI is InChI=1S/C13H19N5S/c1-16(2)7-11-8-18-5-4-17(9-12(18)15-11)10-13-14-3-6-19-13/h3,6,8H,4-5,7,9-10H2,1-2H3. The molecule has 0 saturated carbocycles. The lowest BCUT2D eigenvalue weighted by atomic mass is 10.3. The molecule has 0 saturated heterocycles. The number of fused-ring (bicyclic) bond motifs is 1. The van der Waals surface area contributed by atoms with Gasteiger partial charge in [-0.05, 0) is 14.1 Å². The highest BCUT2D eigenvalue weighted by Crippen LogP contribution is 2.16. The van der Waals surface area contributed by atoms with Crippen LogP contribution in [0.3, 0.4) is 0 Å². The molecule has 0 aliphatic carbocycles. The van der Waals surface area contributed by atoms with E-state index in [-0.39, 0.29) is 0 Å². The van der Waals surface area contributed by atoms with Gasteiger partial charge in [0.25, 0.3) is 0 Å². The van der Waals surface area contributed by atoms with Crippen molar-refractivity contribution in [3.05, 3.63) is 34.3 Å². The average molecular weight is 277 g/mol. The molecule has 0 amide bonds. The summed E-state index contributed by atoms with van der Waals surface area (Å²) in [6.45, 7) is 4.87. The Labute approximate surface area is 117 Å². The number of imidazole rings is 1. The Bertz CT molecular complexity index is 531. The van der Waals surface area contributed by atoms with Gasteiger partial charge in [0.05, 0.1) is 18.8 Å². The summed E-state index contributed by atoms with van der Waals surface area (Å²) in [5, 5.41) is 3.23. The van der Waals surface area contributed by atoms with Gasteiger partial charge in [-0.25, -0.2) is 9.97 Å². The molecule has 5 nitrogen and oxygen atoms in total. The number of hydrogen-bond donors (Lipinski definition) is 0. The van der Waals surface area contributed by atoms with Crippen LogP contribution in [0.1, 0.15) is 16.5 Å². The SMILES string of the molecule is CN(C)Cc1cn2c(n1)CN(Cc1nccs1)CC2. The summed E-state index contributed by atoms with van der Waals surface area (Å²) in [7, 11) is 4.15. The minimum atomic E-state index is 0.909. The minimum Gasteiger partial charge on any atom is -0.332 e. The molecule has 19 heavy (non-hydrogen) atoms. The fourth-order valence-corrected chi connectivity index (χ4v) is 3.08. The van der Waals surface area contributed by atoms with Crippen molar-refractivity contribution in [3.8, 4) is 0 Å². The van der Waals surface area contributed by atoms with E-state index in [1.165, 1.54) is 10.8 Å². The first-order valence-electron chi connectivity index (χ1n) is 6.51.